The molecule has 8 nitrogen and oxygen atoms in total. The highest BCUT2D eigenvalue weighted by atomic mass is 32.1. The lowest BCUT2D eigenvalue weighted by atomic mass is 10.0. The van der Waals surface area contributed by atoms with E-state index < -0.39 is 11.8 Å². The van der Waals surface area contributed by atoms with E-state index >= 15 is 0 Å². The molecule has 2 aromatic carbocycles. The minimum atomic E-state index is -0.523. The predicted octanol–water partition coefficient (Wildman–Crippen LogP) is 2.76. The lowest BCUT2D eigenvalue weighted by molar-refractivity contribution is -0.145. The number of carbonyl (C=O) groups is 3. The molecule has 3 rings (SSSR count). The first-order valence-corrected chi connectivity index (χ1v) is 11.1. The highest BCUT2D eigenvalue weighted by Crippen LogP contribution is 2.34. The molecule has 3 N–H and O–H groups in total. The second kappa shape index (κ2) is 10.4. The van der Waals surface area contributed by atoms with Crippen LogP contribution in [0.15, 0.2) is 30.3 Å². The van der Waals surface area contributed by atoms with Crippen LogP contribution in [-0.2, 0) is 22.5 Å². The van der Waals surface area contributed by atoms with Crippen LogP contribution in [0.5, 0.6) is 11.5 Å². The SMILES string of the molecule is CCCc1c(OCC(=O)OCC)ccc(C(=O)CN2Cc3cc(C(N)=S)ccc3C2=O)c1O. The number of thiocarbonyl (C=S) groups is 1. The molecular formula is C24H26N2O6S. The number of ketones is 1. The molecular weight excluding hydrogens is 444 g/mol. The molecule has 0 aromatic heterocycles. The molecule has 33 heavy (non-hydrogen) atoms. The third-order valence-corrected chi connectivity index (χ3v) is 5.53. The third kappa shape index (κ3) is 5.31. The average Bonchev–Trinajstić information content (AvgIpc) is 3.08. The molecule has 0 aliphatic carbocycles. The van der Waals surface area contributed by atoms with E-state index in [4.69, 9.17) is 27.4 Å². The molecule has 1 heterocycles. The number of fused-ring (bicyclic) bond motifs is 1. The summed E-state index contributed by atoms with van der Waals surface area (Å²) in [7, 11) is 0. The quantitative estimate of drug-likeness (QED) is 0.309. The normalized spacial score (nSPS) is 12.4. The van der Waals surface area contributed by atoms with Crippen LogP contribution in [0.2, 0.25) is 0 Å². The van der Waals surface area contributed by atoms with Gasteiger partial charge in [0.1, 0.15) is 16.5 Å². The van der Waals surface area contributed by atoms with Gasteiger partial charge in [0.15, 0.2) is 12.4 Å². The van der Waals surface area contributed by atoms with Crippen LogP contribution in [0.4, 0.5) is 0 Å². The Morgan fingerprint density at radius 2 is 1.97 bits per heavy atom. The van der Waals surface area contributed by atoms with Crippen LogP contribution in [0.1, 0.15) is 57.7 Å². The lowest BCUT2D eigenvalue weighted by Gasteiger charge is -2.17. The molecule has 0 bridgehead atoms. The lowest BCUT2D eigenvalue weighted by Crippen LogP contribution is -2.30. The van der Waals surface area contributed by atoms with E-state index in [0.29, 0.717) is 35.3 Å². The second-order valence-corrected chi connectivity index (χ2v) is 8.04. The van der Waals surface area contributed by atoms with Crippen LogP contribution < -0.4 is 10.5 Å². The number of phenolic OH excluding ortho intramolecular Hbond substituents is 1. The summed E-state index contributed by atoms with van der Waals surface area (Å²) in [5.41, 5.74) is 8.10. The molecule has 0 atom stereocenters. The van der Waals surface area contributed by atoms with Gasteiger partial charge in [-0.05, 0) is 43.2 Å². The van der Waals surface area contributed by atoms with Gasteiger partial charge in [-0.15, -0.1) is 0 Å². The molecule has 0 unspecified atom stereocenters. The molecule has 174 valence electrons. The molecule has 0 spiro atoms. The number of Topliss-reactive ketones (excluding diaryl/α,β-unsaturated/α-hetero) is 1. The number of amides is 1. The van der Waals surface area contributed by atoms with Crippen LogP contribution in [0, 0.1) is 0 Å². The van der Waals surface area contributed by atoms with Crippen LogP contribution in [0.25, 0.3) is 0 Å². The van der Waals surface area contributed by atoms with Crippen molar-refractivity contribution in [1.29, 1.82) is 0 Å². The number of nitrogens with zero attached hydrogens (tertiary/aromatic N) is 1. The molecule has 0 fully saturated rings. The fraction of sp³-hybridized carbons (Fsp3) is 0.333. The summed E-state index contributed by atoms with van der Waals surface area (Å²) < 4.78 is 10.4. The Hall–Kier alpha value is -3.46. The standard InChI is InChI=1S/C24H26N2O6S/c1-3-5-18-20(32-13-21(28)31-4-2)9-8-17(22(18)29)19(27)12-26-11-15-10-14(23(25)33)6-7-16(15)24(26)30/h6-10,29H,3-5,11-13H2,1-2H3,(H2,25,33). The van der Waals surface area contributed by atoms with Gasteiger partial charge in [0, 0.05) is 23.2 Å². The highest BCUT2D eigenvalue weighted by molar-refractivity contribution is 7.80. The first-order chi connectivity index (χ1) is 15.8. The van der Waals surface area contributed by atoms with Gasteiger partial charge in [-0.25, -0.2) is 4.79 Å². The molecule has 0 radical (unpaired) electrons. The maximum atomic E-state index is 13.0. The molecule has 0 saturated carbocycles. The first kappa shape index (κ1) is 24.2. The minimum Gasteiger partial charge on any atom is -0.507 e. The topological polar surface area (TPSA) is 119 Å². The first-order valence-electron chi connectivity index (χ1n) is 10.6. The fourth-order valence-corrected chi connectivity index (χ4v) is 3.86. The Bertz CT molecular complexity index is 1110. The number of carbonyl (C=O) groups excluding carboxylic acids is 3. The zero-order valence-electron chi connectivity index (χ0n) is 18.6. The maximum Gasteiger partial charge on any atom is 0.344 e. The van der Waals surface area contributed by atoms with Crippen LogP contribution >= 0.6 is 12.2 Å². The van der Waals surface area contributed by atoms with Crippen molar-refractivity contribution in [1.82, 2.24) is 4.90 Å². The van der Waals surface area contributed by atoms with Crippen molar-refractivity contribution in [3.8, 4) is 11.5 Å². The molecule has 1 aliphatic heterocycles. The summed E-state index contributed by atoms with van der Waals surface area (Å²) in [6, 6.07) is 8.08. The number of phenols is 1. The van der Waals surface area contributed by atoms with E-state index in [1.54, 1.807) is 31.2 Å². The third-order valence-electron chi connectivity index (χ3n) is 5.29. The number of rotatable bonds is 10. The number of hydrogen-bond donors (Lipinski definition) is 2. The molecule has 9 heteroatoms. The number of aromatic hydroxyl groups is 1. The summed E-state index contributed by atoms with van der Waals surface area (Å²) in [5.74, 6) is -1.09. The summed E-state index contributed by atoms with van der Waals surface area (Å²) in [4.78, 5) is 39.0. The van der Waals surface area contributed by atoms with E-state index in [0.717, 1.165) is 5.56 Å². The van der Waals surface area contributed by atoms with E-state index in [9.17, 15) is 19.5 Å². The fourth-order valence-electron chi connectivity index (χ4n) is 3.73. The number of nitrogens with two attached hydrogens (primary N) is 1. The largest absolute Gasteiger partial charge is 0.507 e. The van der Waals surface area contributed by atoms with Crippen molar-refractivity contribution in [3.05, 3.63) is 58.1 Å². The zero-order valence-corrected chi connectivity index (χ0v) is 19.4. The van der Waals surface area contributed by atoms with E-state index in [-0.39, 0.29) is 48.5 Å². The summed E-state index contributed by atoms with van der Waals surface area (Å²) in [5, 5.41) is 10.8. The maximum absolute atomic E-state index is 13.0. The minimum absolute atomic E-state index is 0.0921. The molecule has 0 saturated heterocycles. The van der Waals surface area contributed by atoms with Crippen molar-refractivity contribution in [2.24, 2.45) is 5.73 Å². The van der Waals surface area contributed by atoms with E-state index in [2.05, 4.69) is 0 Å². The van der Waals surface area contributed by atoms with Gasteiger partial charge in [-0.3, -0.25) is 9.59 Å². The number of esters is 1. The Morgan fingerprint density at radius 1 is 1.21 bits per heavy atom. The van der Waals surface area contributed by atoms with Crippen molar-refractivity contribution < 1.29 is 29.0 Å². The summed E-state index contributed by atoms with van der Waals surface area (Å²) >= 11 is 4.99. The van der Waals surface area contributed by atoms with Crippen molar-refractivity contribution in [2.75, 3.05) is 19.8 Å². The second-order valence-electron chi connectivity index (χ2n) is 7.60. The van der Waals surface area contributed by atoms with Crippen molar-refractivity contribution in [3.63, 3.8) is 0 Å². The highest BCUT2D eigenvalue weighted by Gasteiger charge is 2.30. The van der Waals surface area contributed by atoms with Crippen molar-refractivity contribution >= 4 is 34.9 Å². The Kier molecular flexibility index (Phi) is 7.65. The summed E-state index contributed by atoms with van der Waals surface area (Å²) in [6.07, 6.45) is 1.13. The van der Waals surface area contributed by atoms with Gasteiger partial charge >= 0.3 is 5.97 Å². The van der Waals surface area contributed by atoms with Gasteiger partial charge in [-0.2, -0.15) is 0 Å². The number of ether oxygens (including phenoxy) is 2. The molecule has 2 aromatic rings. The Labute approximate surface area is 197 Å². The van der Waals surface area contributed by atoms with Crippen LogP contribution in [0.3, 0.4) is 0 Å². The smallest absolute Gasteiger partial charge is 0.344 e. The summed E-state index contributed by atoms with van der Waals surface area (Å²) in [6.45, 7) is 3.61. The van der Waals surface area contributed by atoms with Gasteiger partial charge in [0.2, 0.25) is 0 Å². The Balaban J connectivity index is 1.78. The number of hydrogen-bond acceptors (Lipinski definition) is 7. The van der Waals surface area contributed by atoms with Gasteiger partial charge in [-0.1, -0.05) is 31.6 Å². The molecule has 1 amide bonds. The monoisotopic (exact) mass is 470 g/mol. The predicted molar refractivity (Wildman–Crippen MR) is 126 cm³/mol. The van der Waals surface area contributed by atoms with Gasteiger partial charge < -0.3 is 25.2 Å². The van der Waals surface area contributed by atoms with E-state index in [1.165, 1.54) is 11.0 Å². The average molecular weight is 471 g/mol. The molecule has 1 aliphatic rings. The van der Waals surface area contributed by atoms with E-state index in [1.807, 2.05) is 6.92 Å². The Morgan fingerprint density at radius 3 is 2.64 bits per heavy atom. The van der Waals surface area contributed by atoms with Crippen LogP contribution in [-0.4, -0.2) is 52.4 Å². The van der Waals surface area contributed by atoms with Gasteiger partial charge in [0.05, 0.1) is 18.7 Å². The zero-order chi connectivity index (χ0) is 24.1. The number of benzene rings is 2. The van der Waals surface area contributed by atoms with Crippen molar-refractivity contribution in [2.45, 2.75) is 33.2 Å². The van der Waals surface area contributed by atoms with Gasteiger partial charge in [0.25, 0.3) is 5.91 Å².